The van der Waals surface area contributed by atoms with Crippen molar-refractivity contribution in [2.24, 2.45) is 0 Å². The zero-order valence-corrected chi connectivity index (χ0v) is 15.0. The van der Waals surface area contributed by atoms with E-state index in [4.69, 9.17) is 0 Å². The first kappa shape index (κ1) is 16.6. The lowest BCUT2D eigenvalue weighted by Crippen LogP contribution is -2.50. The van der Waals surface area contributed by atoms with Crippen LogP contribution in [0.2, 0.25) is 0 Å². The predicted molar refractivity (Wildman–Crippen MR) is 93.4 cm³/mol. The zero-order chi connectivity index (χ0) is 15.5. The molecule has 1 amide bonds. The lowest BCUT2D eigenvalue weighted by molar-refractivity contribution is -0.134. The minimum absolute atomic E-state index is 0.340. The van der Waals surface area contributed by atoms with Crippen molar-refractivity contribution in [2.45, 2.75) is 57.2 Å². The van der Waals surface area contributed by atoms with Crippen LogP contribution in [0.25, 0.3) is 0 Å². The predicted octanol–water partition coefficient (Wildman–Crippen LogP) is 1.90. The molecule has 3 fully saturated rings. The van der Waals surface area contributed by atoms with E-state index in [0.717, 1.165) is 19.1 Å². The molecule has 0 aromatic heterocycles. The third kappa shape index (κ3) is 3.80. The Morgan fingerprint density at radius 1 is 1.18 bits per heavy atom. The number of likely N-dealkylation sites (tertiary alicyclic amines) is 2. The minimum Gasteiger partial charge on any atom is -0.341 e. The van der Waals surface area contributed by atoms with Crippen molar-refractivity contribution in [1.29, 1.82) is 0 Å². The third-order valence-corrected chi connectivity index (χ3v) is 6.95. The summed E-state index contributed by atoms with van der Waals surface area (Å²) in [5.74, 6) is 2.79. The molecule has 5 heteroatoms. The van der Waals surface area contributed by atoms with Crippen LogP contribution < -0.4 is 0 Å². The summed E-state index contributed by atoms with van der Waals surface area (Å²) in [6.45, 7) is 6.15. The van der Waals surface area contributed by atoms with Crippen LogP contribution in [-0.4, -0.2) is 83.5 Å². The quantitative estimate of drug-likeness (QED) is 0.789. The molecule has 0 saturated carbocycles. The summed E-state index contributed by atoms with van der Waals surface area (Å²) < 4.78 is 0. The van der Waals surface area contributed by atoms with Crippen LogP contribution in [-0.2, 0) is 4.79 Å². The Morgan fingerprint density at radius 3 is 2.55 bits per heavy atom. The number of likely N-dealkylation sites (N-methyl/N-ethyl adjacent to an activating group) is 1. The molecule has 0 bridgehead atoms. The SMILES string of the molecule is C[C@H]1CCCN1C1CCN(C(=O)CN(C)[C@H]2CCSC2)CC1. The van der Waals surface area contributed by atoms with Gasteiger partial charge in [-0.1, -0.05) is 0 Å². The Morgan fingerprint density at radius 2 is 1.95 bits per heavy atom. The van der Waals surface area contributed by atoms with Gasteiger partial charge in [0.15, 0.2) is 0 Å². The molecule has 3 saturated heterocycles. The van der Waals surface area contributed by atoms with E-state index in [2.05, 4.69) is 28.7 Å². The van der Waals surface area contributed by atoms with E-state index in [1.54, 1.807) is 0 Å². The van der Waals surface area contributed by atoms with E-state index in [-0.39, 0.29) is 0 Å². The van der Waals surface area contributed by atoms with E-state index >= 15 is 0 Å². The topological polar surface area (TPSA) is 26.8 Å². The number of rotatable bonds is 4. The summed E-state index contributed by atoms with van der Waals surface area (Å²) >= 11 is 2.02. The number of amides is 1. The van der Waals surface area contributed by atoms with Crippen LogP contribution in [0.4, 0.5) is 0 Å². The number of nitrogens with zero attached hydrogens (tertiary/aromatic N) is 3. The number of hydrogen-bond acceptors (Lipinski definition) is 4. The second-order valence-electron chi connectivity index (χ2n) is 7.27. The van der Waals surface area contributed by atoms with E-state index in [0.29, 0.717) is 24.5 Å². The third-order valence-electron chi connectivity index (χ3n) is 5.80. The van der Waals surface area contributed by atoms with E-state index in [1.165, 1.54) is 50.2 Å². The Balaban J connectivity index is 1.43. The van der Waals surface area contributed by atoms with Gasteiger partial charge in [0.2, 0.25) is 5.91 Å². The maximum atomic E-state index is 12.5. The minimum atomic E-state index is 0.340. The highest BCUT2D eigenvalue weighted by Crippen LogP contribution is 2.26. The average molecular weight is 326 g/mol. The van der Waals surface area contributed by atoms with Gasteiger partial charge in [-0.2, -0.15) is 11.8 Å². The number of carbonyl (C=O) groups excluding carboxylic acids is 1. The van der Waals surface area contributed by atoms with Crippen molar-refractivity contribution in [3.63, 3.8) is 0 Å². The Labute approximate surface area is 139 Å². The molecule has 0 spiro atoms. The molecule has 3 aliphatic rings. The fraction of sp³-hybridized carbons (Fsp3) is 0.941. The lowest BCUT2D eigenvalue weighted by Gasteiger charge is -2.39. The standard InChI is InChI=1S/C17H31N3OS/c1-14-4-3-8-20(14)15-5-9-19(10-6-15)17(21)12-18(2)16-7-11-22-13-16/h14-16H,3-13H2,1-2H3/t14-,16-/m0/s1. The molecule has 0 radical (unpaired) electrons. The summed E-state index contributed by atoms with van der Waals surface area (Å²) in [5.41, 5.74) is 0. The Kier molecular flexibility index (Phi) is 5.69. The van der Waals surface area contributed by atoms with Gasteiger partial charge >= 0.3 is 0 Å². The van der Waals surface area contributed by atoms with Gasteiger partial charge in [0.25, 0.3) is 0 Å². The smallest absolute Gasteiger partial charge is 0.236 e. The van der Waals surface area contributed by atoms with Gasteiger partial charge in [-0.15, -0.1) is 0 Å². The molecule has 3 heterocycles. The van der Waals surface area contributed by atoms with Gasteiger partial charge < -0.3 is 4.90 Å². The molecule has 2 atom stereocenters. The fourth-order valence-corrected chi connectivity index (χ4v) is 5.56. The number of thioether (sulfide) groups is 1. The van der Waals surface area contributed by atoms with Crippen LogP contribution in [0.1, 0.15) is 39.0 Å². The highest BCUT2D eigenvalue weighted by molar-refractivity contribution is 7.99. The molecule has 126 valence electrons. The Bertz CT molecular complexity index is 378. The van der Waals surface area contributed by atoms with Crippen molar-refractivity contribution in [2.75, 3.05) is 44.7 Å². The molecule has 0 aromatic carbocycles. The van der Waals surface area contributed by atoms with Crippen molar-refractivity contribution < 1.29 is 4.79 Å². The van der Waals surface area contributed by atoms with Crippen molar-refractivity contribution in [3.05, 3.63) is 0 Å². The second kappa shape index (κ2) is 7.54. The van der Waals surface area contributed by atoms with Gasteiger partial charge in [0.1, 0.15) is 0 Å². The van der Waals surface area contributed by atoms with Crippen molar-refractivity contribution in [1.82, 2.24) is 14.7 Å². The number of carbonyl (C=O) groups is 1. The van der Waals surface area contributed by atoms with Crippen LogP contribution in [0.15, 0.2) is 0 Å². The molecule has 0 aromatic rings. The first-order chi connectivity index (χ1) is 10.6. The molecule has 3 rings (SSSR count). The molecule has 0 N–H and O–H groups in total. The highest BCUT2D eigenvalue weighted by atomic mass is 32.2. The first-order valence-electron chi connectivity index (χ1n) is 8.96. The summed E-state index contributed by atoms with van der Waals surface area (Å²) in [5, 5.41) is 0. The normalized spacial score (nSPS) is 31.3. The van der Waals surface area contributed by atoms with Crippen molar-refractivity contribution in [3.8, 4) is 0 Å². The summed E-state index contributed by atoms with van der Waals surface area (Å²) in [6, 6.07) is 2.07. The molecule has 22 heavy (non-hydrogen) atoms. The average Bonchev–Trinajstić information content (AvgIpc) is 3.18. The van der Waals surface area contributed by atoms with Gasteiger partial charge in [0.05, 0.1) is 6.54 Å². The summed E-state index contributed by atoms with van der Waals surface area (Å²) in [4.78, 5) is 19.6. The molecule has 4 nitrogen and oxygen atoms in total. The van der Waals surface area contributed by atoms with Crippen LogP contribution in [0.5, 0.6) is 0 Å². The molecule has 3 aliphatic heterocycles. The maximum absolute atomic E-state index is 12.5. The van der Waals surface area contributed by atoms with E-state index < -0.39 is 0 Å². The van der Waals surface area contributed by atoms with Gasteiger partial charge in [-0.3, -0.25) is 14.6 Å². The molecular formula is C17H31N3OS. The highest BCUT2D eigenvalue weighted by Gasteiger charge is 2.32. The van der Waals surface area contributed by atoms with Crippen molar-refractivity contribution >= 4 is 17.7 Å². The molecule has 0 unspecified atom stereocenters. The van der Waals surface area contributed by atoms with Gasteiger partial charge in [-0.25, -0.2) is 0 Å². The number of piperidine rings is 1. The largest absolute Gasteiger partial charge is 0.341 e. The first-order valence-corrected chi connectivity index (χ1v) is 10.1. The fourth-order valence-electron chi connectivity index (χ4n) is 4.26. The van der Waals surface area contributed by atoms with Gasteiger partial charge in [0, 0.05) is 37.0 Å². The summed E-state index contributed by atoms with van der Waals surface area (Å²) in [7, 11) is 2.12. The van der Waals surface area contributed by atoms with Gasteiger partial charge in [-0.05, 0) is 58.4 Å². The molecular weight excluding hydrogens is 294 g/mol. The zero-order valence-electron chi connectivity index (χ0n) is 14.2. The number of hydrogen-bond donors (Lipinski definition) is 0. The van der Waals surface area contributed by atoms with Crippen LogP contribution in [0.3, 0.4) is 0 Å². The van der Waals surface area contributed by atoms with Crippen LogP contribution in [0, 0.1) is 0 Å². The Hall–Kier alpha value is -0.260. The van der Waals surface area contributed by atoms with E-state index in [1.807, 2.05) is 11.8 Å². The summed E-state index contributed by atoms with van der Waals surface area (Å²) in [6.07, 6.45) is 6.27. The second-order valence-corrected chi connectivity index (χ2v) is 8.42. The monoisotopic (exact) mass is 325 g/mol. The molecule has 0 aliphatic carbocycles. The maximum Gasteiger partial charge on any atom is 0.236 e. The lowest BCUT2D eigenvalue weighted by atomic mass is 10.0. The van der Waals surface area contributed by atoms with E-state index in [9.17, 15) is 4.79 Å². The van der Waals surface area contributed by atoms with Crippen LogP contribution >= 0.6 is 11.8 Å².